The van der Waals surface area contributed by atoms with Gasteiger partial charge < -0.3 is 9.15 Å². The van der Waals surface area contributed by atoms with Gasteiger partial charge in [-0.15, -0.1) is 0 Å². The number of ether oxygens (including phenoxy) is 1. The summed E-state index contributed by atoms with van der Waals surface area (Å²) in [7, 11) is 1.34. The van der Waals surface area contributed by atoms with Gasteiger partial charge in [-0.2, -0.15) is 0 Å². The van der Waals surface area contributed by atoms with Crippen LogP contribution in [0.2, 0.25) is 5.02 Å². The van der Waals surface area contributed by atoms with Crippen LogP contribution in [0.5, 0.6) is 0 Å². The molecule has 0 unspecified atom stereocenters. The molecule has 1 heterocycles. The average Bonchev–Trinajstić information content (AvgIpc) is 2.88. The van der Waals surface area contributed by atoms with Crippen LogP contribution in [0.4, 0.5) is 0 Å². The Balaban J connectivity index is 2.32. The predicted molar refractivity (Wildman–Crippen MR) is 74.8 cm³/mol. The molecule has 1 aromatic carbocycles. The molecule has 0 radical (unpaired) electrons. The zero-order valence-corrected chi connectivity index (χ0v) is 11.4. The summed E-state index contributed by atoms with van der Waals surface area (Å²) in [4.78, 5) is 11.2. The molecule has 98 valence electrons. The van der Waals surface area contributed by atoms with Gasteiger partial charge in [0.25, 0.3) is 0 Å². The van der Waals surface area contributed by atoms with Gasteiger partial charge in [0.15, 0.2) is 0 Å². The van der Waals surface area contributed by atoms with Crippen molar-refractivity contribution in [1.82, 2.24) is 0 Å². The van der Waals surface area contributed by atoms with E-state index in [9.17, 15) is 4.79 Å². The van der Waals surface area contributed by atoms with E-state index in [1.54, 1.807) is 19.1 Å². The van der Waals surface area contributed by atoms with Gasteiger partial charge in [0, 0.05) is 11.6 Å². The largest absolute Gasteiger partial charge is 0.466 e. The van der Waals surface area contributed by atoms with Gasteiger partial charge in [0.2, 0.25) is 0 Å². The average molecular weight is 277 g/mol. The summed E-state index contributed by atoms with van der Waals surface area (Å²) >= 11 is 6.11. The summed E-state index contributed by atoms with van der Waals surface area (Å²) < 4.78 is 10.3. The Kier molecular flexibility index (Phi) is 4.07. The number of furan rings is 1. The molecule has 0 saturated carbocycles. The van der Waals surface area contributed by atoms with Crippen LogP contribution in [-0.2, 0) is 9.53 Å². The molecule has 0 aliphatic carbocycles. The number of benzene rings is 1. The van der Waals surface area contributed by atoms with Gasteiger partial charge in [-0.25, -0.2) is 4.79 Å². The lowest BCUT2D eigenvalue weighted by Crippen LogP contribution is -1.95. The number of carbonyl (C=O) groups is 1. The number of allylic oxidation sites excluding steroid dienone is 1. The van der Waals surface area contributed by atoms with E-state index in [0.717, 1.165) is 5.56 Å². The molecule has 0 fully saturated rings. The van der Waals surface area contributed by atoms with Gasteiger partial charge in [-0.3, -0.25) is 0 Å². The van der Waals surface area contributed by atoms with Gasteiger partial charge in [0.1, 0.15) is 11.5 Å². The van der Waals surface area contributed by atoms with Crippen LogP contribution in [0.25, 0.3) is 16.9 Å². The normalized spacial score (nSPS) is 11.4. The first-order chi connectivity index (χ1) is 9.11. The van der Waals surface area contributed by atoms with Crippen LogP contribution in [0, 0.1) is 0 Å². The second kappa shape index (κ2) is 5.76. The van der Waals surface area contributed by atoms with Crippen molar-refractivity contribution in [3.05, 3.63) is 53.3 Å². The zero-order valence-electron chi connectivity index (χ0n) is 10.6. The standard InChI is InChI=1S/C15H13ClO3/c1-10(9-15(17)18-2)13-7-8-14(19-13)11-5-3-4-6-12(11)16/h3-9H,1-2H3/b10-9+. The maximum Gasteiger partial charge on any atom is 0.330 e. The van der Waals surface area contributed by atoms with Crippen LogP contribution < -0.4 is 0 Å². The van der Waals surface area contributed by atoms with E-state index in [4.69, 9.17) is 16.0 Å². The fourth-order valence-electron chi connectivity index (χ4n) is 1.66. The quantitative estimate of drug-likeness (QED) is 0.624. The second-order valence-electron chi connectivity index (χ2n) is 3.99. The van der Waals surface area contributed by atoms with Crippen LogP contribution in [-0.4, -0.2) is 13.1 Å². The highest BCUT2D eigenvalue weighted by Gasteiger charge is 2.09. The summed E-state index contributed by atoms with van der Waals surface area (Å²) in [5.41, 5.74) is 1.52. The first kappa shape index (κ1) is 13.4. The molecule has 1 aromatic heterocycles. The summed E-state index contributed by atoms with van der Waals surface area (Å²) in [6.45, 7) is 1.78. The van der Waals surface area contributed by atoms with E-state index < -0.39 is 5.97 Å². The SMILES string of the molecule is COC(=O)/C=C(\C)c1ccc(-c2ccccc2Cl)o1. The Morgan fingerprint density at radius 1 is 1.26 bits per heavy atom. The third-order valence-corrected chi connectivity index (χ3v) is 3.00. The third kappa shape index (κ3) is 3.06. The Hall–Kier alpha value is -2.00. The van der Waals surface area contributed by atoms with Crippen molar-refractivity contribution in [2.24, 2.45) is 0 Å². The molecule has 2 aromatic rings. The fraction of sp³-hybridized carbons (Fsp3) is 0.133. The van der Waals surface area contributed by atoms with Gasteiger partial charge in [0.05, 0.1) is 12.1 Å². The molecule has 0 atom stereocenters. The number of methoxy groups -OCH3 is 1. The molecule has 19 heavy (non-hydrogen) atoms. The van der Waals surface area contributed by atoms with Crippen molar-refractivity contribution in [3.8, 4) is 11.3 Å². The highest BCUT2D eigenvalue weighted by Crippen LogP contribution is 2.30. The summed E-state index contributed by atoms with van der Waals surface area (Å²) in [5, 5.41) is 0.623. The van der Waals surface area contributed by atoms with Crippen molar-refractivity contribution in [2.75, 3.05) is 7.11 Å². The lowest BCUT2D eigenvalue weighted by atomic mass is 10.2. The number of carbonyl (C=O) groups excluding carboxylic acids is 1. The molecule has 0 spiro atoms. The van der Waals surface area contributed by atoms with Crippen molar-refractivity contribution in [2.45, 2.75) is 6.92 Å². The molecule has 2 rings (SSSR count). The van der Waals surface area contributed by atoms with Crippen molar-refractivity contribution in [3.63, 3.8) is 0 Å². The van der Waals surface area contributed by atoms with E-state index in [2.05, 4.69) is 4.74 Å². The lowest BCUT2D eigenvalue weighted by molar-refractivity contribution is -0.134. The first-order valence-corrected chi connectivity index (χ1v) is 6.11. The smallest absolute Gasteiger partial charge is 0.330 e. The molecule has 0 aliphatic heterocycles. The fourth-order valence-corrected chi connectivity index (χ4v) is 1.89. The topological polar surface area (TPSA) is 39.4 Å². The minimum atomic E-state index is -0.409. The highest BCUT2D eigenvalue weighted by atomic mass is 35.5. The monoisotopic (exact) mass is 276 g/mol. The van der Waals surface area contributed by atoms with E-state index >= 15 is 0 Å². The van der Waals surface area contributed by atoms with E-state index in [-0.39, 0.29) is 0 Å². The molecule has 0 N–H and O–H groups in total. The summed E-state index contributed by atoms with van der Waals surface area (Å²) in [5.74, 6) is 0.867. The third-order valence-electron chi connectivity index (χ3n) is 2.67. The molecular formula is C15H13ClO3. The van der Waals surface area contributed by atoms with Gasteiger partial charge in [-0.1, -0.05) is 23.7 Å². The number of esters is 1. The predicted octanol–water partition coefficient (Wildman–Crippen LogP) is 4.18. The first-order valence-electron chi connectivity index (χ1n) is 5.73. The van der Waals surface area contributed by atoms with E-state index in [0.29, 0.717) is 22.1 Å². The van der Waals surface area contributed by atoms with E-state index in [1.807, 2.05) is 24.3 Å². The zero-order chi connectivity index (χ0) is 13.8. The molecule has 4 heteroatoms. The molecule has 0 saturated heterocycles. The van der Waals surface area contributed by atoms with Crippen LogP contribution in [0.3, 0.4) is 0 Å². The Bertz CT molecular complexity index is 626. The minimum absolute atomic E-state index is 0.409. The van der Waals surface area contributed by atoms with E-state index in [1.165, 1.54) is 13.2 Å². The molecule has 0 aliphatic rings. The molecule has 0 bridgehead atoms. The van der Waals surface area contributed by atoms with Crippen LogP contribution >= 0.6 is 11.6 Å². The summed E-state index contributed by atoms with van der Waals surface area (Å²) in [6.07, 6.45) is 1.38. The lowest BCUT2D eigenvalue weighted by Gasteiger charge is -2.00. The minimum Gasteiger partial charge on any atom is -0.466 e. The number of hydrogen-bond acceptors (Lipinski definition) is 3. The Labute approximate surface area is 116 Å². The second-order valence-corrected chi connectivity index (χ2v) is 4.40. The maximum atomic E-state index is 11.2. The Morgan fingerprint density at radius 2 is 2.00 bits per heavy atom. The summed E-state index contributed by atoms with van der Waals surface area (Å²) in [6, 6.07) is 11.1. The van der Waals surface area contributed by atoms with Crippen molar-refractivity contribution >= 4 is 23.1 Å². The van der Waals surface area contributed by atoms with Crippen LogP contribution in [0.15, 0.2) is 46.9 Å². The van der Waals surface area contributed by atoms with Crippen molar-refractivity contribution < 1.29 is 13.9 Å². The Morgan fingerprint density at radius 3 is 2.68 bits per heavy atom. The maximum absolute atomic E-state index is 11.2. The number of hydrogen-bond donors (Lipinski definition) is 0. The number of rotatable bonds is 3. The molecule has 0 amide bonds. The van der Waals surface area contributed by atoms with Crippen molar-refractivity contribution in [1.29, 1.82) is 0 Å². The van der Waals surface area contributed by atoms with Gasteiger partial charge >= 0.3 is 5.97 Å². The van der Waals surface area contributed by atoms with Gasteiger partial charge in [-0.05, 0) is 36.8 Å². The molecule has 3 nitrogen and oxygen atoms in total. The molecular weight excluding hydrogens is 264 g/mol. The highest BCUT2D eigenvalue weighted by molar-refractivity contribution is 6.33. The van der Waals surface area contributed by atoms with Crippen LogP contribution in [0.1, 0.15) is 12.7 Å². The number of halogens is 1.